The summed E-state index contributed by atoms with van der Waals surface area (Å²) in [6, 6.07) is 8.76. The van der Waals surface area contributed by atoms with Crippen LogP contribution in [-0.4, -0.2) is 45.3 Å². The van der Waals surface area contributed by atoms with E-state index in [1.54, 1.807) is 7.11 Å². The maximum atomic E-state index is 5.50. The first-order chi connectivity index (χ1) is 12.3. The van der Waals surface area contributed by atoms with E-state index in [2.05, 4.69) is 46.7 Å². The molecule has 1 aliphatic carbocycles. The zero-order chi connectivity index (χ0) is 17.5. The summed E-state index contributed by atoms with van der Waals surface area (Å²) in [5, 5.41) is 6.92. The zero-order valence-electron chi connectivity index (χ0n) is 15.8. The van der Waals surface area contributed by atoms with Gasteiger partial charge in [0.15, 0.2) is 5.96 Å². The van der Waals surface area contributed by atoms with Gasteiger partial charge in [-0.3, -0.25) is 4.99 Å². The Hall–Kier alpha value is -1.44. The molecule has 0 radical (unpaired) electrons. The van der Waals surface area contributed by atoms with Crippen molar-refractivity contribution in [3.8, 4) is 5.75 Å². The van der Waals surface area contributed by atoms with Crippen LogP contribution in [0.25, 0.3) is 0 Å². The number of halogens is 1. The van der Waals surface area contributed by atoms with E-state index in [0.717, 1.165) is 50.7 Å². The molecule has 2 aliphatic rings. The van der Waals surface area contributed by atoms with Gasteiger partial charge in [0, 0.05) is 32.2 Å². The number of anilines is 1. The first kappa shape index (κ1) is 20.9. The Morgan fingerprint density at radius 1 is 1.27 bits per heavy atom. The Morgan fingerprint density at radius 3 is 2.77 bits per heavy atom. The summed E-state index contributed by atoms with van der Waals surface area (Å²) >= 11 is 0. The number of nitrogens with zero attached hydrogens (tertiary/aromatic N) is 2. The van der Waals surface area contributed by atoms with Crippen molar-refractivity contribution >= 4 is 35.6 Å². The van der Waals surface area contributed by atoms with Crippen molar-refractivity contribution in [1.29, 1.82) is 0 Å². The highest BCUT2D eigenvalue weighted by Gasteiger charge is 2.24. The Balaban J connectivity index is 0.00000243. The van der Waals surface area contributed by atoms with Gasteiger partial charge in [-0.1, -0.05) is 24.3 Å². The summed E-state index contributed by atoms with van der Waals surface area (Å²) in [7, 11) is 1.74. The molecule has 0 bridgehead atoms. The van der Waals surface area contributed by atoms with Crippen LogP contribution in [0.1, 0.15) is 26.2 Å². The summed E-state index contributed by atoms with van der Waals surface area (Å²) in [6.45, 7) is 5.97. The number of hydrogen-bond donors (Lipinski definition) is 2. The van der Waals surface area contributed by atoms with Crippen LogP contribution in [0.15, 0.2) is 41.4 Å². The van der Waals surface area contributed by atoms with Crippen molar-refractivity contribution in [3.63, 3.8) is 0 Å². The van der Waals surface area contributed by atoms with E-state index in [1.807, 2.05) is 12.1 Å². The van der Waals surface area contributed by atoms with E-state index in [-0.39, 0.29) is 24.0 Å². The molecule has 0 spiro atoms. The van der Waals surface area contributed by atoms with Crippen LogP contribution in [0, 0.1) is 5.92 Å². The quantitative estimate of drug-likeness (QED) is 0.290. The number of benzene rings is 1. The van der Waals surface area contributed by atoms with Gasteiger partial charge in [-0.15, -0.1) is 24.0 Å². The molecule has 144 valence electrons. The number of nitrogens with one attached hydrogen (secondary N) is 2. The number of aliphatic imine (C=N–C) groups is 1. The number of methoxy groups -OCH3 is 1. The van der Waals surface area contributed by atoms with E-state index in [4.69, 9.17) is 9.73 Å². The van der Waals surface area contributed by atoms with Crippen LogP contribution in [0.5, 0.6) is 5.75 Å². The van der Waals surface area contributed by atoms with Crippen LogP contribution in [-0.2, 0) is 0 Å². The van der Waals surface area contributed by atoms with E-state index in [9.17, 15) is 0 Å². The first-order valence-corrected chi connectivity index (χ1v) is 9.38. The zero-order valence-corrected chi connectivity index (χ0v) is 18.1. The highest BCUT2D eigenvalue weighted by atomic mass is 127. The number of rotatable bonds is 6. The molecule has 1 aromatic carbocycles. The molecule has 5 nitrogen and oxygen atoms in total. The Morgan fingerprint density at radius 2 is 2.04 bits per heavy atom. The molecule has 2 N–H and O–H groups in total. The SMILES string of the molecule is CCNC(=NCC1CCN(c2ccccc2OC)C1)NC1CC=CC1.I. The third-order valence-electron chi connectivity index (χ3n) is 4.91. The lowest BCUT2D eigenvalue weighted by atomic mass is 10.1. The minimum Gasteiger partial charge on any atom is -0.495 e. The lowest BCUT2D eigenvalue weighted by Gasteiger charge is -2.21. The molecule has 3 rings (SSSR count). The average Bonchev–Trinajstić information content (AvgIpc) is 3.31. The minimum absolute atomic E-state index is 0. The Bertz CT molecular complexity index is 612. The summed E-state index contributed by atoms with van der Waals surface area (Å²) in [5.41, 5.74) is 1.19. The normalized spacial score (nSPS) is 20.2. The van der Waals surface area contributed by atoms with Crippen molar-refractivity contribution in [3.05, 3.63) is 36.4 Å². The van der Waals surface area contributed by atoms with E-state index in [0.29, 0.717) is 12.0 Å². The second-order valence-electron chi connectivity index (χ2n) is 6.78. The molecular formula is C20H31IN4O. The van der Waals surface area contributed by atoms with E-state index < -0.39 is 0 Å². The molecule has 1 aliphatic heterocycles. The van der Waals surface area contributed by atoms with Gasteiger partial charge >= 0.3 is 0 Å². The molecule has 0 saturated carbocycles. The molecule has 1 atom stereocenters. The van der Waals surface area contributed by atoms with E-state index in [1.165, 1.54) is 12.1 Å². The minimum atomic E-state index is 0. The van der Waals surface area contributed by atoms with Crippen molar-refractivity contribution in [2.24, 2.45) is 10.9 Å². The van der Waals surface area contributed by atoms with Crippen molar-refractivity contribution < 1.29 is 4.74 Å². The van der Waals surface area contributed by atoms with Gasteiger partial charge in [0.1, 0.15) is 5.75 Å². The number of para-hydroxylation sites is 2. The summed E-state index contributed by atoms with van der Waals surface area (Å²) in [4.78, 5) is 7.26. The van der Waals surface area contributed by atoms with Crippen molar-refractivity contribution in [1.82, 2.24) is 10.6 Å². The fourth-order valence-corrected chi connectivity index (χ4v) is 3.56. The number of ether oxygens (including phenoxy) is 1. The largest absolute Gasteiger partial charge is 0.495 e. The fourth-order valence-electron chi connectivity index (χ4n) is 3.56. The van der Waals surface area contributed by atoms with Crippen LogP contribution in [0.3, 0.4) is 0 Å². The van der Waals surface area contributed by atoms with Gasteiger partial charge < -0.3 is 20.3 Å². The summed E-state index contributed by atoms with van der Waals surface area (Å²) in [6.07, 6.45) is 7.84. The lowest BCUT2D eigenvalue weighted by molar-refractivity contribution is 0.414. The molecule has 1 unspecified atom stereocenters. The van der Waals surface area contributed by atoms with Crippen LogP contribution >= 0.6 is 24.0 Å². The smallest absolute Gasteiger partial charge is 0.191 e. The Kier molecular flexibility index (Phi) is 8.54. The monoisotopic (exact) mass is 470 g/mol. The van der Waals surface area contributed by atoms with Gasteiger partial charge in [0.05, 0.1) is 12.8 Å². The third kappa shape index (κ3) is 5.53. The number of guanidine groups is 1. The van der Waals surface area contributed by atoms with Gasteiger partial charge in [-0.2, -0.15) is 0 Å². The highest BCUT2D eigenvalue weighted by Crippen LogP contribution is 2.31. The topological polar surface area (TPSA) is 48.9 Å². The van der Waals surface area contributed by atoms with Crippen LogP contribution in [0.2, 0.25) is 0 Å². The summed E-state index contributed by atoms with van der Waals surface area (Å²) in [5.74, 6) is 2.49. The summed E-state index contributed by atoms with van der Waals surface area (Å²) < 4.78 is 5.50. The van der Waals surface area contributed by atoms with Gasteiger partial charge in [-0.25, -0.2) is 0 Å². The van der Waals surface area contributed by atoms with Crippen molar-refractivity contribution in [2.75, 3.05) is 38.2 Å². The first-order valence-electron chi connectivity index (χ1n) is 9.38. The molecule has 26 heavy (non-hydrogen) atoms. The second kappa shape index (κ2) is 10.6. The van der Waals surface area contributed by atoms with Gasteiger partial charge in [0.2, 0.25) is 0 Å². The molecule has 1 fully saturated rings. The highest BCUT2D eigenvalue weighted by molar-refractivity contribution is 14.0. The molecule has 1 aromatic rings. The third-order valence-corrected chi connectivity index (χ3v) is 4.91. The van der Waals surface area contributed by atoms with Crippen LogP contribution in [0.4, 0.5) is 5.69 Å². The predicted octanol–water partition coefficient (Wildman–Crippen LogP) is 3.41. The second-order valence-corrected chi connectivity index (χ2v) is 6.78. The molecule has 0 aromatic heterocycles. The van der Waals surface area contributed by atoms with Crippen LogP contribution < -0.4 is 20.3 Å². The van der Waals surface area contributed by atoms with Crippen molar-refractivity contribution in [2.45, 2.75) is 32.2 Å². The molecular weight excluding hydrogens is 439 g/mol. The standard InChI is InChI=1S/C20H30N4O.HI/c1-3-21-20(23-17-8-4-5-9-17)22-14-16-12-13-24(15-16)18-10-6-7-11-19(18)25-2;/h4-7,10-11,16-17H,3,8-9,12-15H2,1-2H3,(H2,21,22,23);1H. The molecule has 1 saturated heterocycles. The maximum Gasteiger partial charge on any atom is 0.191 e. The van der Waals surface area contributed by atoms with E-state index >= 15 is 0 Å². The lowest BCUT2D eigenvalue weighted by Crippen LogP contribution is -2.42. The maximum absolute atomic E-state index is 5.50. The molecule has 1 heterocycles. The number of hydrogen-bond acceptors (Lipinski definition) is 3. The predicted molar refractivity (Wildman–Crippen MR) is 120 cm³/mol. The van der Waals surface area contributed by atoms with Gasteiger partial charge in [0.25, 0.3) is 0 Å². The molecule has 0 amide bonds. The van der Waals surface area contributed by atoms with Gasteiger partial charge in [-0.05, 0) is 44.2 Å². The average molecular weight is 470 g/mol. The molecule has 6 heteroatoms. The fraction of sp³-hybridized carbons (Fsp3) is 0.550. The Labute approximate surface area is 174 Å².